The summed E-state index contributed by atoms with van der Waals surface area (Å²) in [6.45, 7) is 12.0. The van der Waals surface area contributed by atoms with Crippen LogP contribution in [-0.4, -0.2) is 130 Å². The summed E-state index contributed by atoms with van der Waals surface area (Å²) < 4.78 is 33.5. The highest BCUT2D eigenvalue weighted by Crippen LogP contribution is 2.18. The summed E-state index contributed by atoms with van der Waals surface area (Å²) in [7, 11) is 5.40. The summed E-state index contributed by atoms with van der Waals surface area (Å²) in [6, 6.07) is 24.5. The molecule has 4 atom stereocenters. The fourth-order valence-corrected chi connectivity index (χ4v) is 8.19. The first kappa shape index (κ1) is 61.1. The Balaban J connectivity index is 1.56. The molecule has 4 unspecified atom stereocenters. The third-order valence-electron chi connectivity index (χ3n) is 12.2. The normalized spacial score (nSPS) is 13.3. The fraction of sp³-hybridized carbons (Fsp3) is 0.579. The van der Waals surface area contributed by atoms with Crippen LogP contribution in [0.5, 0.6) is 0 Å². The van der Waals surface area contributed by atoms with Crippen LogP contribution < -0.4 is 0 Å². The number of thioether (sulfide) groups is 1. The smallest absolute Gasteiger partial charge is 0.308 e. The number of carbonyl (C=O) groups excluding carboxylic acids is 6. The van der Waals surface area contributed by atoms with Crippen molar-refractivity contribution in [3.8, 4) is 0 Å². The predicted octanol–water partition coefficient (Wildman–Crippen LogP) is 9.49. The molecule has 3 aromatic rings. The van der Waals surface area contributed by atoms with Gasteiger partial charge in [-0.3, -0.25) is 28.8 Å². The molecule has 0 heterocycles. The largest absolute Gasteiger partial charge is 0.461 e. The molecule has 0 fully saturated rings. The Morgan fingerprint density at radius 3 is 1.18 bits per heavy atom. The summed E-state index contributed by atoms with van der Waals surface area (Å²) >= 11 is 1.18. The van der Waals surface area contributed by atoms with Gasteiger partial charge in [0, 0.05) is 38.8 Å². The highest BCUT2D eigenvalue weighted by Gasteiger charge is 2.25. The molecule has 0 aliphatic carbocycles. The Labute approximate surface area is 433 Å². The Morgan fingerprint density at radius 1 is 0.500 bits per heavy atom. The molecule has 1 amide bonds. The molecule has 0 spiro atoms. The molecule has 14 nitrogen and oxygen atoms in total. The van der Waals surface area contributed by atoms with Crippen molar-refractivity contribution in [1.82, 2.24) is 9.80 Å². The first-order valence-corrected chi connectivity index (χ1v) is 26.5. The van der Waals surface area contributed by atoms with Gasteiger partial charge in [0.15, 0.2) is 12.2 Å². The van der Waals surface area contributed by atoms with Gasteiger partial charge in [0.05, 0.1) is 24.4 Å². The van der Waals surface area contributed by atoms with Crippen LogP contribution in [0.2, 0.25) is 0 Å². The van der Waals surface area contributed by atoms with Crippen molar-refractivity contribution in [2.75, 3.05) is 73.0 Å². The standard InChI is InChI=1S/C57H82N2O12S/c1-41-15-24-47(25-16-41)30-21-44(4)54(62)67-38-50(37-66-9)70-52(60)13-10-34-59(57(65)72-36-12-33-58(7)8)35-11-14-53(61)71-51(39-68-55(63)45(5)22-31-48-26-17-42(2)18-27-48)40-69-56(64)46(6)23-32-49-28-19-43(3)20-29-49/h15-20,24-29,44-46,50-51H,10-14,21-23,30-40H2,1-9H3. The van der Waals surface area contributed by atoms with Crippen LogP contribution in [0.25, 0.3) is 0 Å². The van der Waals surface area contributed by atoms with Crippen LogP contribution in [0.1, 0.15) is 106 Å². The quantitative estimate of drug-likeness (QED) is 0.0316. The lowest BCUT2D eigenvalue weighted by molar-refractivity contribution is -0.169. The molecule has 0 radical (unpaired) electrons. The molecule has 72 heavy (non-hydrogen) atoms. The van der Waals surface area contributed by atoms with E-state index in [9.17, 15) is 28.8 Å². The minimum Gasteiger partial charge on any atom is -0.461 e. The average Bonchev–Trinajstić information content (AvgIpc) is 3.35. The van der Waals surface area contributed by atoms with Gasteiger partial charge in [-0.1, -0.05) is 122 Å². The third-order valence-corrected chi connectivity index (χ3v) is 13.2. The monoisotopic (exact) mass is 1020 g/mol. The molecular formula is C57H82N2O12S. The lowest BCUT2D eigenvalue weighted by atomic mass is 10.0. The zero-order valence-corrected chi connectivity index (χ0v) is 45.3. The summed E-state index contributed by atoms with van der Waals surface area (Å²) in [5.74, 6) is -3.02. The number of carbonyl (C=O) groups is 6. The van der Waals surface area contributed by atoms with Gasteiger partial charge in [0.2, 0.25) is 0 Å². The van der Waals surface area contributed by atoms with Crippen molar-refractivity contribution in [3.63, 3.8) is 0 Å². The summed E-state index contributed by atoms with van der Waals surface area (Å²) in [5.41, 5.74) is 6.84. The van der Waals surface area contributed by atoms with E-state index in [1.807, 2.05) is 119 Å². The van der Waals surface area contributed by atoms with E-state index >= 15 is 0 Å². The Kier molecular flexibility index (Phi) is 29.0. The van der Waals surface area contributed by atoms with Crippen molar-refractivity contribution in [1.29, 1.82) is 0 Å². The Bertz CT molecular complexity index is 2010. The van der Waals surface area contributed by atoms with Gasteiger partial charge in [0.1, 0.15) is 19.8 Å². The van der Waals surface area contributed by atoms with E-state index < -0.39 is 47.9 Å². The van der Waals surface area contributed by atoms with E-state index in [1.165, 1.54) is 24.4 Å². The number of nitrogens with zero attached hydrogens (tertiary/aromatic N) is 2. The van der Waals surface area contributed by atoms with Gasteiger partial charge in [-0.15, -0.1) is 0 Å². The maximum Gasteiger partial charge on any atom is 0.308 e. The summed E-state index contributed by atoms with van der Waals surface area (Å²) in [4.78, 5) is 82.6. The van der Waals surface area contributed by atoms with E-state index in [4.69, 9.17) is 28.4 Å². The SMILES string of the molecule is COCC(COC(=O)C(C)CCc1ccc(C)cc1)OC(=O)CCCN(CCCC(=O)OC(COC(=O)C(C)CCc1ccc(C)cc1)COC(=O)C(C)CCc1ccc(C)cc1)C(=O)SCCCN(C)C. The fourth-order valence-electron chi connectivity index (χ4n) is 7.38. The van der Waals surface area contributed by atoms with Crippen LogP contribution >= 0.6 is 11.8 Å². The Hall–Kier alpha value is -5.25. The number of esters is 5. The summed E-state index contributed by atoms with van der Waals surface area (Å²) in [5, 5.41) is -0.180. The van der Waals surface area contributed by atoms with Gasteiger partial charge >= 0.3 is 29.8 Å². The van der Waals surface area contributed by atoms with Gasteiger partial charge in [-0.2, -0.15) is 0 Å². The van der Waals surface area contributed by atoms with Crippen LogP contribution in [-0.2, 0) is 71.7 Å². The van der Waals surface area contributed by atoms with E-state index in [-0.39, 0.29) is 82.3 Å². The topological polar surface area (TPSA) is 164 Å². The molecular weight excluding hydrogens is 937 g/mol. The molecule has 3 aromatic carbocycles. The third kappa shape index (κ3) is 25.9. The highest BCUT2D eigenvalue weighted by molar-refractivity contribution is 8.13. The van der Waals surface area contributed by atoms with Crippen LogP contribution in [0, 0.1) is 38.5 Å². The van der Waals surface area contributed by atoms with Gasteiger partial charge in [0.25, 0.3) is 5.24 Å². The molecule has 0 aromatic heterocycles. The van der Waals surface area contributed by atoms with Crippen molar-refractivity contribution >= 4 is 46.8 Å². The minimum atomic E-state index is -1.05. The lowest BCUT2D eigenvalue weighted by Crippen LogP contribution is -2.34. The molecule has 0 bridgehead atoms. The summed E-state index contributed by atoms with van der Waals surface area (Å²) in [6.07, 6.45) is 3.24. The number of amides is 1. The van der Waals surface area contributed by atoms with Crippen molar-refractivity contribution < 1.29 is 57.2 Å². The first-order valence-electron chi connectivity index (χ1n) is 25.5. The molecule has 0 aliphatic rings. The Morgan fingerprint density at radius 2 is 0.847 bits per heavy atom. The van der Waals surface area contributed by atoms with Crippen LogP contribution in [0.3, 0.4) is 0 Å². The molecule has 0 saturated heterocycles. The predicted molar refractivity (Wildman–Crippen MR) is 282 cm³/mol. The second-order valence-electron chi connectivity index (χ2n) is 19.3. The van der Waals surface area contributed by atoms with Crippen molar-refractivity contribution in [2.45, 2.75) is 124 Å². The number of benzene rings is 3. The molecule has 0 saturated carbocycles. The van der Waals surface area contributed by atoms with E-state index in [2.05, 4.69) is 0 Å². The number of hydrogen-bond donors (Lipinski definition) is 0. The average molecular weight is 1020 g/mol. The molecule has 0 N–H and O–H groups in total. The number of aryl methyl sites for hydroxylation is 6. The van der Waals surface area contributed by atoms with Crippen LogP contribution in [0.15, 0.2) is 72.8 Å². The zero-order valence-electron chi connectivity index (χ0n) is 44.5. The van der Waals surface area contributed by atoms with Gasteiger partial charge < -0.3 is 38.2 Å². The van der Waals surface area contributed by atoms with Crippen molar-refractivity contribution in [2.24, 2.45) is 17.8 Å². The van der Waals surface area contributed by atoms with E-state index in [1.54, 1.807) is 18.7 Å². The lowest BCUT2D eigenvalue weighted by Gasteiger charge is -2.23. The molecule has 15 heteroatoms. The zero-order chi connectivity index (χ0) is 52.8. The van der Waals surface area contributed by atoms with Crippen molar-refractivity contribution in [3.05, 3.63) is 106 Å². The number of methoxy groups -OCH3 is 1. The number of rotatable bonds is 34. The maximum atomic E-state index is 13.5. The first-order chi connectivity index (χ1) is 34.4. The second kappa shape index (κ2) is 34.2. The number of hydrogen-bond acceptors (Lipinski definition) is 14. The minimum absolute atomic E-state index is 0.00745. The van der Waals surface area contributed by atoms with Crippen LogP contribution in [0.4, 0.5) is 4.79 Å². The highest BCUT2D eigenvalue weighted by atomic mass is 32.2. The second-order valence-corrected chi connectivity index (χ2v) is 20.4. The maximum absolute atomic E-state index is 13.5. The molecule has 398 valence electrons. The number of ether oxygens (including phenoxy) is 6. The molecule has 3 rings (SSSR count). The van der Waals surface area contributed by atoms with Gasteiger partial charge in [-0.25, -0.2) is 0 Å². The molecule has 0 aliphatic heterocycles. The van der Waals surface area contributed by atoms with E-state index in [0.29, 0.717) is 37.9 Å². The van der Waals surface area contributed by atoms with E-state index in [0.717, 1.165) is 47.2 Å². The van der Waals surface area contributed by atoms with Gasteiger partial charge in [-0.05, 0) is 116 Å².